The Kier molecular flexibility index (Phi) is 7.01. The maximum absolute atomic E-state index is 13.2. The van der Waals surface area contributed by atoms with Crippen LogP contribution in [0.25, 0.3) is 0 Å². The number of amides is 2. The van der Waals surface area contributed by atoms with Crippen molar-refractivity contribution < 1.29 is 9.59 Å². The molecule has 166 valence electrons. The van der Waals surface area contributed by atoms with Crippen LogP contribution in [0.1, 0.15) is 40.4 Å². The van der Waals surface area contributed by atoms with E-state index in [1.54, 1.807) is 24.3 Å². The zero-order valence-electron chi connectivity index (χ0n) is 18.3. The van der Waals surface area contributed by atoms with Crippen molar-refractivity contribution in [3.8, 4) is 6.07 Å². The standard InChI is InChI=1S/C27H26N4O2/c28-19-20-11-13-24(14-12-20)31-17-15-23(16-18-31)29-27(33)25(21-7-3-1-4-8-21)30-26(32)22-9-5-2-6-10-22/h1-14,23,25H,15-18H2,(H,29,33)(H,30,32). The lowest BCUT2D eigenvalue weighted by Crippen LogP contribution is -2.48. The van der Waals surface area contributed by atoms with Crippen LogP contribution in [-0.4, -0.2) is 30.9 Å². The lowest BCUT2D eigenvalue weighted by molar-refractivity contribution is -0.124. The fourth-order valence-corrected chi connectivity index (χ4v) is 4.06. The first-order valence-electron chi connectivity index (χ1n) is 11.1. The van der Waals surface area contributed by atoms with E-state index in [0.717, 1.165) is 37.2 Å². The van der Waals surface area contributed by atoms with E-state index in [2.05, 4.69) is 21.6 Å². The summed E-state index contributed by atoms with van der Waals surface area (Å²) in [7, 11) is 0. The van der Waals surface area contributed by atoms with Gasteiger partial charge in [0.1, 0.15) is 6.04 Å². The molecule has 6 heteroatoms. The number of nitrogens with zero attached hydrogens (tertiary/aromatic N) is 2. The lowest BCUT2D eigenvalue weighted by Gasteiger charge is -2.34. The number of piperidine rings is 1. The van der Waals surface area contributed by atoms with Gasteiger partial charge in [-0.1, -0.05) is 48.5 Å². The van der Waals surface area contributed by atoms with Crippen molar-refractivity contribution in [1.29, 1.82) is 5.26 Å². The van der Waals surface area contributed by atoms with Gasteiger partial charge in [0.05, 0.1) is 11.6 Å². The molecule has 1 unspecified atom stereocenters. The van der Waals surface area contributed by atoms with E-state index < -0.39 is 6.04 Å². The molecule has 6 nitrogen and oxygen atoms in total. The number of nitriles is 1. The van der Waals surface area contributed by atoms with Crippen LogP contribution < -0.4 is 15.5 Å². The summed E-state index contributed by atoms with van der Waals surface area (Å²) in [5.74, 6) is -0.488. The summed E-state index contributed by atoms with van der Waals surface area (Å²) in [5.41, 5.74) is 2.98. The van der Waals surface area contributed by atoms with E-state index >= 15 is 0 Å². The zero-order chi connectivity index (χ0) is 23.0. The molecule has 2 amide bonds. The van der Waals surface area contributed by atoms with Gasteiger partial charge in [0.2, 0.25) is 5.91 Å². The molecule has 33 heavy (non-hydrogen) atoms. The van der Waals surface area contributed by atoms with Crippen LogP contribution >= 0.6 is 0 Å². The SMILES string of the molecule is N#Cc1ccc(N2CCC(NC(=O)C(NC(=O)c3ccccc3)c3ccccc3)CC2)cc1. The van der Waals surface area contributed by atoms with Gasteiger partial charge >= 0.3 is 0 Å². The van der Waals surface area contributed by atoms with Crippen molar-refractivity contribution in [2.24, 2.45) is 0 Å². The topological polar surface area (TPSA) is 85.2 Å². The third-order valence-electron chi connectivity index (χ3n) is 5.91. The molecule has 1 heterocycles. The summed E-state index contributed by atoms with van der Waals surface area (Å²) in [4.78, 5) is 28.2. The average Bonchev–Trinajstić information content (AvgIpc) is 2.88. The van der Waals surface area contributed by atoms with Gasteiger partial charge in [-0.2, -0.15) is 5.26 Å². The minimum Gasteiger partial charge on any atom is -0.371 e. The largest absolute Gasteiger partial charge is 0.371 e. The van der Waals surface area contributed by atoms with Crippen LogP contribution in [0.15, 0.2) is 84.9 Å². The molecule has 3 aromatic rings. The molecule has 0 radical (unpaired) electrons. The molecule has 0 saturated carbocycles. The van der Waals surface area contributed by atoms with Crippen LogP contribution in [0, 0.1) is 11.3 Å². The maximum Gasteiger partial charge on any atom is 0.252 e. The van der Waals surface area contributed by atoms with Gasteiger partial charge in [-0.05, 0) is 54.8 Å². The Bertz CT molecular complexity index is 1120. The molecule has 1 aliphatic heterocycles. The number of nitrogens with one attached hydrogen (secondary N) is 2. The number of carbonyl (C=O) groups excluding carboxylic acids is 2. The second-order valence-corrected chi connectivity index (χ2v) is 8.11. The Morgan fingerprint density at radius 1 is 0.879 bits per heavy atom. The first kappa shape index (κ1) is 22.1. The Balaban J connectivity index is 1.40. The number of hydrogen-bond donors (Lipinski definition) is 2. The highest BCUT2D eigenvalue weighted by molar-refractivity contribution is 5.97. The molecular formula is C27H26N4O2. The highest BCUT2D eigenvalue weighted by Gasteiger charge is 2.27. The zero-order valence-corrected chi connectivity index (χ0v) is 18.3. The smallest absolute Gasteiger partial charge is 0.252 e. The molecule has 0 aromatic heterocycles. The van der Waals surface area contributed by atoms with Gasteiger partial charge in [0, 0.05) is 30.4 Å². The predicted octanol–water partition coefficient (Wildman–Crippen LogP) is 3.81. The third-order valence-corrected chi connectivity index (χ3v) is 5.91. The molecule has 1 aliphatic rings. The quantitative estimate of drug-likeness (QED) is 0.613. The second kappa shape index (κ2) is 10.5. The van der Waals surface area contributed by atoms with Crippen LogP contribution in [0.5, 0.6) is 0 Å². The van der Waals surface area contributed by atoms with E-state index in [0.29, 0.717) is 11.1 Å². The summed E-state index contributed by atoms with van der Waals surface area (Å²) in [5, 5.41) is 15.0. The fraction of sp³-hybridized carbons (Fsp3) is 0.222. The van der Waals surface area contributed by atoms with Crippen molar-refractivity contribution in [2.75, 3.05) is 18.0 Å². The molecule has 1 atom stereocenters. The number of carbonyl (C=O) groups is 2. The summed E-state index contributed by atoms with van der Waals surface area (Å²) in [6, 6.07) is 27.2. The minimum atomic E-state index is -0.768. The van der Waals surface area contributed by atoms with Crippen molar-refractivity contribution in [3.63, 3.8) is 0 Å². The number of rotatable bonds is 6. The molecule has 1 saturated heterocycles. The average molecular weight is 439 g/mol. The van der Waals surface area contributed by atoms with Crippen LogP contribution in [-0.2, 0) is 4.79 Å². The molecular weight excluding hydrogens is 412 g/mol. The van der Waals surface area contributed by atoms with Crippen molar-refractivity contribution in [3.05, 3.63) is 102 Å². The summed E-state index contributed by atoms with van der Waals surface area (Å²) >= 11 is 0. The van der Waals surface area contributed by atoms with Gasteiger partial charge in [0.25, 0.3) is 5.91 Å². The molecule has 0 bridgehead atoms. The molecule has 3 aromatic carbocycles. The lowest BCUT2D eigenvalue weighted by atomic mass is 10.0. The molecule has 1 fully saturated rings. The summed E-state index contributed by atoms with van der Waals surface area (Å²) < 4.78 is 0. The van der Waals surface area contributed by atoms with Gasteiger partial charge in [-0.3, -0.25) is 9.59 Å². The van der Waals surface area contributed by atoms with E-state index in [4.69, 9.17) is 5.26 Å². The van der Waals surface area contributed by atoms with E-state index in [1.165, 1.54) is 0 Å². The number of anilines is 1. The fourth-order valence-electron chi connectivity index (χ4n) is 4.06. The first-order chi connectivity index (χ1) is 16.1. The summed E-state index contributed by atoms with van der Waals surface area (Å²) in [6.45, 7) is 1.62. The maximum atomic E-state index is 13.2. The van der Waals surface area contributed by atoms with Crippen molar-refractivity contribution in [1.82, 2.24) is 10.6 Å². The van der Waals surface area contributed by atoms with Crippen molar-refractivity contribution in [2.45, 2.75) is 24.9 Å². The van der Waals surface area contributed by atoms with Crippen LogP contribution in [0.4, 0.5) is 5.69 Å². The monoisotopic (exact) mass is 438 g/mol. The van der Waals surface area contributed by atoms with Gasteiger partial charge < -0.3 is 15.5 Å². The van der Waals surface area contributed by atoms with Crippen LogP contribution in [0.3, 0.4) is 0 Å². The minimum absolute atomic E-state index is 0.0342. The molecule has 2 N–H and O–H groups in total. The van der Waals surface area contributed by atoms with E-state index in [-0.39, 0.29) is 17.9 Å². The summed E-state index contributed by atoms with van der Waals surface area (Å²) in [6.07, 6.45) is 1.61. The first-order valence-corrected chi connectivity index (χ1v) is 11.1. The van der Waals surface area contributed by atoms with Gasteiger partial charge in [0.15, 0.2) is 0 Å². The van der Waals surface area contributed by atoms with Gasteiger partial charge in [-0.15, -0.1) is 0 Å². The molecule has 0 spiro atoms. The Hall–Kier alpha value is -4.11. The highest BCUT2D eigenvalue weighted by Crippen LogP contribution is 2.21. The predicted molar refractivity (Wildman–Crippen MR) is 128 cm³/mol. The molecule has 4 rings (SSSR count). The highest BCUT2D eigenvalue weighted by atomic mass is 16.2. The van der Waals surface area contributed by atoms with Crippen LogP contribution in [0.2, 0.25) is 0 Å². The normalized spacial score (nSPS) is 14.7. The Morgan fingerprint density at radius 2 is 1.48 bits per heavy atom. The second-order valence-electron chi connectivity index (χ2n) is 8.11. The van der Waals surface area contributed by atoms with Crippen molar-refractivity contribution >= 4 is 17.5 Å². The Labute approximate surface area is 193 Å². The number of hydrogen-bond acceptors (Lipinski definition) is 4. The third kappa shape index (κ3) is 5.58. The van der Waals surface area contributed by atoms with Gasteiger partial charge in [-0.25, -0.2) is 0 Å². The number of benzene rings is 3. The Morgan fingerprint density at radius 3 is 2.09 bits per heavy atom. The van der Waals surface area contributed by atoms with E-state index in [9.17, 15) is 9.59 Å². The van der Waals surface area contributed by atoms with E-state index in [1.807, 2.05) is 60.7 Å². The molecule has 0 aliphatic carbocycles.